The Morgan fingerprint density at radius 1 is 1.26 bits per heavy atom. The molecule has 0 bridgehead atoms. The molecule has 150 valence electrons. The second-order valence-corrected chi connectivity index (χ2v) is 10.7. The van der Waals surface area contributed by atoms with Crippen molar-refractivity contribution in [2.24, 2.45) is 0 Å². The van der Waals surface area contributed by atoms with Crippen molar-refractivity contribution in [2.45, 2.75) is 56.2 Å². The summed E-state index contributed by atoms with van der Waals surface area (Å²) in [6.07, 6.45) is 3.57. The number of aromatic nitrogens is 1. The van der Waals surface area contributed by atoms with Crippen LogP contribution in [-0.4, -0.2) is 41.5 Å². The van der Waals surface area contributed by atoms with E-state index in [-0.39, 0.29) is 15.6 Å². The molecule has 0 fully saturated rings. The lowest BCUT2D eigenvalue weighted by Crippen LogP contribution is -2.33. The van der Waals surface area contributed by atoms with E-state index in [0.29, 0.717) is 23.7 Å². The highest BCUT2D eigenvalue weighted by Gasteiger charge is 2.24. The number of hydrogen-bond donors (Lipinski definition) is 1. The number of halogens is 1. The molecule has 0 radical (unpaired) electrons. The van der Waals surface area contributed by atoms with E-state index >= 15 is 0 Å². The van der Waals surface area contributed by atoms with Crippen LogP contribution < -0.4 is 5.32 Å². The van der Waals surface area contributed by atoms with Gasteiger partial charge < -0.3 is 5.32 Å². The first kappa shape index (κ1) is 22.3. The molecule has 1 unspecified atom stereocenters. The molecule has 1 atom stereocenters. The average molecular weight is 476 g/mol. The number of alkyl halides is 1. The molecular formula is C18H26BrN3O3S2. The molecule has 9 heteroatoms. The van der Waals surface area contributed by atoms with E-state index in [4.69, 9.17) is 0 Å². The van der Waals surface area contributed by atoms with Crippen LogP contribution in [0.3, 0.4) is 0 Å². The molecule has 2 aromatic rings. The molecule has 1 aromatic heterocycles. The minimum absolute atomic E-state index is 0.188. The number of benzene rings is 1. The monoisotopic (exact) mass is 475 g/mol. The number of rotatable bonds is 10. The van der Waals surface area contributed by atoms with Crippen molar-refractivity contribution < 1.29 is 13.2 Å². The van der Waals surface area contributed by atoms with Gasteiger partial charge in [-0.15, -0.1) is 0 Å². The third kappa shape index (κ3) is 5.73. The average Bonchev–Trinajstić information content (AvgIpc) is 3.02. The van der Waals surface area contributed by atoms with E-state index in [1.807, 2.05) is 0 Å². The summed E-state index contributed by atoms with van der Waals surface area (Å²) in [4.78, 5) is 16.1. The normalized spacial score (nSPS) is 13.2. The molecule has 0 saturated heterocycles. The van der Waals surface area contributed by atoms with Gasteiger partial charge in [0.05, 0.1) is 19.9 Å². The maximum absolute atomic E-state index is 13.1. The van der Waals surface area contributed by atoms with Gasteiger partial charge in [0.25, 0.3) is 0 Å². The van der Waals surface area contributed by atoms with Crippen LogP contribution in [0, 0.1) is 0 Å². The SMILES string of the molecule is CCCCN(CCCC)S(=O)(=O)c1ccc2nc(NC(=O)C(C)Br)sc2c1. The third-order valence-electron chi connectivity index (χ3n) is 4.11. The molecule has 0 aliphatic heterocycles. The van der Waals surface area contributed by atoms with Crippen LogP contribution in [0.2, 0.25) is 0 Å². The van der Waals surface area contributed by atoms with Crippen LogP contribution in [0.1, 0.15) is 46.5 Å². The van der Waals surface area contributed by atoms with Crippen LogP contribution in [0.25, 0.3) is 10.2 Å². The topological polar surface area (TPSA) is 79.4 Å². The highest BCUT2D eigenvalue weighted by molar-refractivity contribution is 9.10. The quantitative estimate of drug-likeness (QED) is 0.508. The minimum Gasteiger partial charge on any atom is -0.301 e. The molecule has 1 heterocycles. The summed E-state index contributed by atoms with van der Waals surface area (Å²) in [5.41, 5.74) is 0.671. The molecule has 0 spiro atoms. The predicted molar refractivity (Wildman–Crippen MR) is 115 cm³/mol. The van der Waals surface area contributed by atoms with Gasteiger partial charge in [-0.3, -0.25) is 4.79 Å². The van der Waals surface area contributed by atoms with Crippen LogP contribution >= 0.6 is 27.3 Å². The molecule has 27 heavy (non-hydrogen) atoms. The van der Waals surface area contributed by atoms with Crippen molar-refractivity contribution in [3.05, 3.63) is 18.2 Å². The Balaban J connectivity index is 2.31. The first-order valence-electron chi connectivity index (χ1n) is 9.15. The van der Waals surface area contributed by atoms with Crippen molar-refractivity contribution >= 4 is 58.5 Å². The summed E-state index contributed by atoms with van der Waals surface area (Å²) in [6.45, 7) is 6.90. The lowest BCUT2D eigenvalue weighted by atomic mass is 10.3. The van der Waals surface area contributed by atoms with Crippen molar-refractivity contribution in [1.82, 2.24) is 9.29 Å². The Bertz CT molecular complexity index is 873. The molecule has 1 aromatic carbocycles. The van der Waals surface area contributed by atoms with E-state index in [9.17, 15) is 13.2 Å². The van der Waals surface area contributed by atoms with Gasteiger partial charge in [0, 0.05) is 13.1 Å². The van der Waals surface area contributed by atoms with Crippen molar-refractivity contribution in [2.75, 3.05) is 18.4 Å². The standard InChI is InChI=1S/C18H26BrN3O3S2/c1-4-6-10-22(11-7-5-2)27(24,25)14-8-9-15-16(12-14)26-18(20-15)21-17(23)13(3)19/h8-9,12-13H,4-7,10-11H2,1-3H3,(H,20,21,23). The van der Waals surface area contributed by atoms with Gasteiger partial charge in [0.1, 0.15) is 0 Å². The van der Waals surface area contributed by atoms with Crippen LogP contribution in [0.5, 0.6) is 0 Å². The van der Waals surface area contributed by atoms with Crippen LogP contribution in [0.15, 0.2) is 23.1 Å². The Hall–Kier alpha value is -1.03. The smallest absolute Gasteiger partial charge is 0.243 e. The van der Waals surface area contributed by atoms with Crippen LogP contribution in [-0.2, 0) is 14.8 Å². The molecule has 2 rings (SSSR count). The van der Waals surface area contributed by atoms with Gasteiger partial charge in [0.15, 0.2) is 5.13 Å². The zero-order chi connectivity index (χ0) is 20.0. The van der Waals surface area contributed by atoms with Crippen molar-refractivity contribution in [3.8, 4) is 0 Å². The molecule has 1 amide bonds. The fraction of sp³-hybridized carbons (Fsp3) is 0.556. The van der Waals surface area contributed by atoms with Gasteiger partial charge >= 0.3 is 0 Å². The number of fused-ring (bicyclic) bond motifs is 1. The van der Waals surface area contributed by atoms with Crippen molar-refractivity contribution in [3.63, 3.8) is 0 Å². The number of nitrogens with zero attached hydrogens (tertiary/aromatic N) is 2. The number of unbranched alkanes of at least 4 members (excludes halogenated alkanes) is 2. The van der Waals surface area contributed by atoms with E-state index < -0.39 is 10.0 Å². The molecule has 1 N–H and O–H groups in total. The Morgan fingerprint density at radius 2 is 1.89 bits per heavy atom. The third-order valence-corrected chi connectivity index (χ3v) is 7.36. The zero-order valence-electron chi connectivity index (χ0n) is 15.9. The van der Waals surface area contributed by atoms with Crippen LogP contribution in [0.4, 0.5) is 5.13 Å². The molecule has 0 aliphatic carbocycles. The Labute approximate surface area is 173 Å². The number of nitrogens with one attached hydrogen (secondary N) is 1. The van der Waals surface area contributed by atoms with E-state index in [2.05, 4.69) is 40.1 Å². The number of carbonyl (C=O) groups excluding carboxylic acids is 1. The first-order valence-corrected chi connectivity index (χ1v) is 12.3. The first-order chi connectivity index (χ1) is 12.8. The number of hydrogen-bond acceptors (Lipinski definition) is 5. The maximum atomic E-state index is 13.1. The van der Waals surface area contributed by atoms with Gasteiger partial charge in [-0.1, -0.05) is 54.0 Å². The summed E-state index contributed by atoms with van der Waals surface area (Å²) < 4.78 is 28.5. The van der Waals surface area contributed by atoms with E-state index in [1.165, 1.54) is 11.3 Å². The van der Waals surface area contributed by atoms with E-state index in [1.54, 1.807) is 29.4 Å². The van der Waals surface area contributed by atoms with Gasteiger partial charge in [-0.05, 0) is 38.0 Å². The highest BCUT2D eigenvalue weighted by atomic mass is 79.9. The second kappa shape index (κ2) is 9.95. The molecule has 0 aliphatic rings. The second-order valence-electron chi connectivity index (χ2n) is 6.36. The fourth-order valence-electron chi connectivity index (χ4n) is 2.49. The van der Waals surface area contributed by atoms with E-state index in [0.717, 1.165) is 30.4 Å². The predicted octanol–water partition coefficient (Wildman–Crippen LogP) is 4.61. The summed E-state index contributed by atoms with van der Waals surface area (Å²) in [6, 6.07) is 4.95. The number of carbonyl (C=O) groups is 1. The Morgan fingerprint density at radius 3 is 2.44 bits per heavy atom. The number of amides is 1. The highest BCUT2D eigenvalue weighted by Crippen LogP contribution is 2.29. The zero-order valence-corrected chi connectivity index (χ0v) is 19.1. The number of sulfonamides is 1. The lowest BCUT2D eigenvalue weighted by molar-refractivity contribution is -0.115. The largest absolute Gasteiger partial charge is 0.301 e. The summed E-state index contributed by atoms with van der Waals surface area (Å²) in [5.74, 6) is -0.188. The minimum atomic E-state index is -3.55. The molecular weight excluding hydrogens is 450 g/mol. The summed E-state index contributed by atoms with van der Waals surface area (Å²) in [7, 11) is -3.55. The van der Waals surface area contributed by atoms with Gasteiger partial charge in [-0.2, -0.15) is 4.31 Å². The summed E-state index contributed by atoms with van der Waals surface area (Å²) >= 11 is 4.49. The molecule has 0 saturated carbocycles. The Kier molecular flexibility index (Phi) is 8.20. The summed E-state index contributed by atoms with van der Waals surface area (Å²) in [5, 5.41) is 3.19. The lowest BCUT2D eigenvalue weighted by Gasteiger charge is -2.21. The maximum Gasteiger partial charge on any atom is 0.243 e. The number of thiazole rings is 1. The number of anilines is 1. The van der Waals surface area contributed by atoms with Crippen molar-refractivity contribution in [1.29, 1.82) is 0 Å². The molecule has 6 nitrogen and oxygen atoms in total. The van der Waals surface area contributed by atoms with Gasteiger partial charge in [0.2, 0.25) is 15.9 Å². The fourth-order valence-corrected chi connectivity index (χ4v) is 5.13. The van der Waals surface area contributed by atoms with Gasteiger partial charge in [-0.25, -0.2) is 13.4 Å².